The fourth-order valence-electron chi connectivity index (χ4n) is 7.26. The minimum Gasteiger partial charge on any atom is -0.496 e. The van der Waals surface area contributed by atoms with Crippen molar-refractivity contribution in [3.05, 3.63) is 143 Å². The van der Waals surface area contributed by atoms with E-state index >= 15 is 0 Å². The summed E-state index contributed by atoms with van der Waals surface area (Å²) in [6, 6.07) is 38.8. The lowest BCUT2D eigenvalue weighted by atomic mass is 9.74. The van der Waals surface area contributed by atoms with Crippen LogP contribution in [0.5, 0.6) is 17.2 Å². The summed E-state index contributed by atoms with van der Waals surface area (Å²) in [5, 5.41) is 3.72. The highest BCUT2D eigenvalue weighted by molar-refractivity contribution is 7.84. The first kappa shape index (κ1) is 38.9. The van der Waals surface area contributed by atoms with Gasteiger partial charge in [0.25, 0.3) is 0 Å². The third kappa shape index (κ3) is 7.63. The predicted octanol–water partition coefficient (Wildman–Crippen LogP) is 10.6. The van der Waals surface area contributed by atoms with E-state index in [0.29, 0.717) is 0 Å². The average molecular weight is 746 g/mol. The number of methoxy groups -OCH3 is 1. The summed E-state index contributed by atoms with van der Waals surface area (Å²) in [4.78, 5) is 0. The van der Waals surface area contributed by atoms with E-state index < -0.39 is 29.7 Å². The average Bonchev–Trinajstić information content (AvgIpc) is 3.10. The molecule has 1 N–H and O–H groups in total. The highest BCUT2D eigenvalue weighted by Crippen LogP contribution is 2.53. The summed E-state index contributed by atoms with van der Waals surface area (Å²) in [6.07, 6.45) is 0. The zero-order valence-corrected chi connectivity index (χ0v) is 35.3. The summed E-state index contributed by atoms with van der Waals surface area (Å²) in [5.74, 6) is 2.64. The molecule has 6 rings (SSSR count). The third-order valence-electron chi connectivity index (χ3n) is 10.2. The summed E-state index contributed by atoms with van der Waals surface area (Å²) >= 11 is 0. The van der Waals surface area contributed by atoms with Crippen LogP contribution < -0.4 is 30.1 Å². The molecule has 2 atom stereocenters. The van der Waals surface area contributed by atoms with E-state index in [0.717, 1.165) is 50.6 Å². The molecule has 0 fully saturated rings. The van der Waals surface area contributed by atoms with E-state index in [2.05, 4.69) is 169 Å². The normalized spacial score (nSPS) is 15.3. The molecule has 4 nitrogen and oxygen atoms in total. The van der Waals surface area contributed by atoms with Crippen LogP contribution in [0.15, 0.2) is 109 Å². The molecule has 0 aliphatic carbocycles. The standard InChI is InChI=1S/C47H56NO3PS/c1-44(2,3)37-29-31(30-38(42(37)50-12)45(4,5)6)40(48-53(49)46(7,8)9)34-25-19-26-35-41(34)51-43-36(47(35,10)11)27-20-28-39(43)52(32-21-15-13-16-22-32)33-23-17-14-18-24-33/h13-30,40,48H,1-12H3/t40?,53-/m0/s1. The van der Waals surface area contributed by atoms with Gasteiger partial charge in [-0.25, -0.2) is 8.93 Å². The van der Waals surface area contributed by atoms with Gasteiger partial charge in [0.2, 0.25) is 0 Å². The molecule has 0 saturated carbocycles. The molecule has 5 aromatic carbocycles. The van der Waals surface area contributed by atoms with E-state index in [1.165, 1.54) is 15.9 Å². The molecule has 1 aliphatic rings. The van der Waals surface area contributed by atoms with Gasteiger partial charge in [-0.15, -0.1) is 0 Å². The van der Waals surface area contributed by atoms with Crippen molar-refractivity contribution in [2.24, 2.45) is 0 Å². The van der Waals surface area contributed by atoms with Gasteiger partial charge in [0.1, 0.15) is 17.2 Å². The Morgan fingerprint density at radius 1 is 0.679 bits per heavy atom. The fourth-order valence-corrected chi connectivity index (χ4v) is 10.5. The minimum atomic E-state index is -1.39. The number of hydrogen-bond donors (Lipinski definition) is 1. The van der Waals surface area contributed by atoms with Gasteiger partial charge in [-0.2, -0.15) is 0 Å². The van der Waals surface area contributed by atoms with Crippen LogP contribution in [0, 0.1) is 0 Å². The van der Waals surface area contributed by atoms with Gasteiger partial charge in [-0.3, -0.25) is 0 Å². The summed E-state index contributed by atoms with van der Waals surface area (Å²) < 4.78 is 30.9. The van der Waals surface area contributed by atoms with Gasteiger partial charge in [-0.1, -0.05) is 152 Å². The van der Waals surface area contributed by atoms with E-state index in [4.69, 9.17) is 9.47 Å². The van der Waals surface area contributed by atoms with Crippen molar-refractivity contribution >= 4 is 34.8 Å². The van der Waals surface area contributed by atoms with Crippen LogP contribution in [0.2, 0.25) is 0 Å². The molecular formula is C47H56NO3PS. The van der Waals surface area contributed by atoms with Crippen molar-refractivity contribution in [2.75, 3.05) is 7.11 Å². The summed E-state index contributed by atoms with van der Waals surface area (Å²) in [7, 11) is -0.559. The number of benzene rings is 5. The quantitative estimate of drug-likeness (QED) is 0.161. The van der Waals surface area contributed by atoms with Crippen LogP contribution in [0.4, 0.5) is 0 Å². The number of ether oxygens (including phenoxy) is 2. The van der Waals surface area contributed by atoms with Crippen LogP contribution >= 0.6 is 7.92 Å². The lowest BCUT2D eigenvalue weighted by molar-refractivity contribution is 0.381. The second-order valence-corrected chi connectivity index (χ2v) is 21.9. The number of fused-ring (bicyclic) bond motifs is 2. The Bertz CT molecular complexity index is 2050. The van der Waals surface area contributed by atoms with Crippen molar-refractivity contribution in [2.45, 2.75) is 103 Å². The second-order valence-electron chi connectivity index (χ2n) is 17.7. The zero-order chi connectivity index (χ0) is 38.5. The molecule has 1 heterocycles. The van der Waals surface area contributed by atoms with E-state index in [-0.39, 0.29) is 16.2 Å². The lowest BCUT2D eigenvalue weighted by Gasteiger charge is -2.39. The van der Waals surface area contributed by atoms with Gasteiger partial charge in [-0.05, 0) is 67.8 Å². The molecular weight excluding hydrogens is 690 g/mol. The van der Waals surface area contributed by atoms with Gasteiger partial charge in [0.05, 0.1) is 28.9 Å². The molecule has 0 aromatic heterocycles. The molecule has 5 aromatic rings. The Kier molecular flexibility index (Phi) is 10.6. The number of nitrogens with one attached hydrogen (secondary N) is 1. The Morgan fingerprint density at radius 3 is 1.64 bits per heavy atom. The lowest BCUT2D eigenvalue weighted by Crippen LogP contribution is -2.37. The minimum absolute atomic E-state index is 0.205. The number of para-hydroxylation sites is 2. The van der Waals surface area contributed by atoms with Crippen molar-refractivity contribution in [1.29, 1.82) is 0 Å². The van der Waals surface area contributed by atoms with Gasteiger partial charge in [0, 0.05) is 38.5 Å². The van der Waals surface area contributed by atoms with Crippen molar-refractivity contribution in [3.63, 3.8) is 0 Å². The van der Waals surface area contributed by atoms with E-state index in [1.54, 1.807) is 7.11 Å². The Balaban J connectivity index is 1.62. The smallest absolute Gasteiger partial charge is 0.139 e. The van der Waals surface area contributed by atoms with E-state index in [1.807, 2.05) is 20.8 Å². The highest BCUT2D eigenvalue weighted by Gasteiger charge is 2.40. The molecule has 1 unspecified atom stereocenters. The topological polar surface area (TPSA) is 47.6 Å². The van der Waals surface area contributed by atoms with Crippen molar-refractivity contribution in [1.82, 2.24) is 4.72 Å². The molecule has 0 bridgehead atoms. The number of hydrogen-bond acceptors (Lipinski definition) is 3. The number of rotatable bonds is 8. The molecule has 1 aliphatic heterocycles. The molecule has 0 spiro atoms. The largest absolute Gasteiger partial charge is 0.496 e. The predicted molar refractivity (Wildman–Crippen MR) is 227 cm³/mol. The van der Waals surface area contributed by atoms with Crippen LogP contribution in [0.3, 0.4) is 0 Å². The van der Waals surface area contributed by atoms with Gasteiger partial charge >= 0.3 is 0 Å². The molecule has 278 valence electrons. The highest BCUT2D eigenvalue weighted by atomic mass is 32.2. The SMILES string of the molecule is COc1c(C(C)(C)C)cc(C(N[S@@](=O)C(C)(C)C)c2cccc3c2Oc2c(P(c4ccccc4)c4ccccc4)cccc2C3(C)C)cc1C(C)(C)C. The third-order valence-corrected chi connectivity index (χ3v) is 14.2. The maximum absolute atomic E-state index is 14.2. The molecule has 0 radical (unpaired) electrons. The summed E-state index contributed by atoms with van der Waals surface area (Å²) in [5.41, 5.74) is 5.72. The van der Waals surface area contributed by atoms with Crippen molar-refractivity contribution < 1.29 is 13.7 Å². The molecule has 53 heavy (non-hydrogen) atoms. The maximum Gasteiger partial charge on any atom is 0.139 e. The van der Waals surface area contributed by atoms with Crippen LogP contribution in [-0.2, 0) is 27.2 Å². The van der Waals surface area contributed by atoms with Crippen LogP contribution in [0.25, 0.3) is 0 Å². The summed E-state index contributed by atoms with van der Waals surface area (Å²) in [6.45, 7) is 24.0. The van der Waals surface area contributed by atoms with Crippen LogP contribution in [0.1, 0.15) is 116 Å². The Morgan fingerprint density at radius 2 is 1.17 bits per heavy atom. The first-order valence-corrected chi connectivity index (χ1v) is 21.1. The molecule has 0 saturated heterocycles. The zero-order valence-electron chi connectivity index (χ0n) is 33.5. The maximum atomic E-state index is 14.2. The first-order valence-electron chi connectivity index (χ1n) is 18.6. The van der Waals surface area contributed by atoms with Gasteiger partial charge in [0.15, 0.2) is 0 Å². The monoisotopic (exact) mass is 745 g/mol. The van der Waals surface area contributed by atoms with E-state index in [9.17, 15) is 4.21 Å². The fraction of sp³-hybridized carbons (Fsp3) is 0.362. The first-order chi connectivity index (χ1) is 24.8. The molecule has 0 amide bonds. The second kappa shape index (κ2) is 14.5. The van der Waals surface area contributed by atoms with Gasteiger partial charge < -0.3 is 9.47 Å². The van der Waals surface area contributed by atoms with Crippen LogP contribution in [-0.4, -0.2) is 16.1 Å². The Hall–Kier alpha value is -3.76. The Labute approximate surface area is 322 Å². The van der Waals surface area contributed by atoms with Crippen molar-refractivity contribution in [3.8, 4) is 17.2 Å². The molecule has 6 heteroatoms.